The Hall–Kier alpha value is -2.39. The van der Waals surface area contributed by atoms with Crippen molar-refractivity contribution in [2.45, 2.75) is 38.0 Å². The van der Waals surface area contributed by atoms with Gasteiger partial charge in [0.2, 0.25) is 5.91 Å². The van der Waals surface area contributed by atoms with Crippen LogP contribution in [0.5, 0.6) is 0 Å². The van der Waals surface area contributed by atoms with Crippen LogP contribution in [0.3, 0.4) is 0 Å². The van der Waals surface area contributed by atoms with Crippen molar-refractivity contribution in [2.24, 2.45) is 5.92 Å². The van der Waals surface area contributed by atoms with Gasteiger partial charge in [0.15, 0.2) is 0 Å². The Labute approximate surface area is 244 Å². The first-order valence-corrected chi connectivity index (χ1v) is 17.1. The number of quaternary nitrogens is 1. The number of hydrogen-bond donors (Lipinski definition) is 2. The molecule has 0 fully saturated rings. The van der Waals surface area contributed by atoms with Gasteiger partial charge in [0.05, 0.1) is 17.7 Å². The van der Waals surface area contributed by atoms with E-state index in [0.29, 0.717) is 24.6 Å². The fourth-order valence-electron chi connectivity index (χ4n) is 3.93. The number of hydrogen-bond acceptors (Lipinski definition) is 6. The van der Waals surface area contributed by atoms with E-state index in [1.807, 2.05) is 103 Å². The lowest BCUT2D eigenvalue weighted by Crippen LogP contribution is -2.62. The van der Waals surface area contributed by atoms with Crippen LogP contribution in [0.1, 0.15) is 23.1 Å². The van der Waals surface area contributed by atoms with Gasteiger partial charge in [-0.05, 0) is 35.1 Å². The van der Waals surface area contributed by atoms with Crippen molar-refractivity contribution < 1.29 is 20.1 Å². The zero-order valence-corrected chi connectivity index (χ0v) is 24.9. The van der Waals surface area contributed by atoms with Crippen molar-refractivity contribution in [3.05, 3.63) is 108 Å². The second-order valence-corrected chi connectivity index (χ2v) is 13.0. The minimum absolute atomic E-state index is 0.127. The van der Waals surface area contributed by atoms with Gasteiger partial charge in [0.1, 0.15) is 12.6 Å². The molecule has 1 amide bonds. The van der Waals surface area contributed by atoms with Crippen LogP contribution in [-0.4, -0.2) is 47.5 Å². The molecule has 3 atom stereocenters. The second kappa shape index (κ2) is 18.1. The number of benzene rings is 3. The van der Waals surface area contributed by atoms with E-state index < -0.39 is 12.0 Å². The summed E-state index contributed by atoms with van der Waals surface area (Å²) in [5.74, 6) is 1.88. The molecular formula is C31H39N2O3S3+. The Bertz CT molecular complexity index is 1100. The molecule has 3 rings (SSSR count). The number of rotatable bonds is 17. The highest BCUT2D eigenvalue weighted by Crippen LogP contribution is 2.27. The molecular weight excluding hydrogens is 545 g/mol. The number of ether oxygens (including phenoxy) is 1. The lowest BCUT2D eigenvalue weighted by atomic mass is 9.99. The predicted molar refractivity (Wildman–Crippen MR) is 167 cm³/mol. The summed E-state index contributed by atoms with van der Waals surface area (Å²) in [6.07, 6.45) is 4.19. The van der Waals surface area contributed by atoms with Gasteiger partial charge in [-0.25, -0.2) is 4.79 Å². The summed E-state index contributed by atoms with van der Waals surface area (Å²) in [5, 5.41) is 3.05. The van der Waals surface area contributed by atoms with E-state index in [1.165, 1.54) is 0 Å². The summed E-state index contributed by atoms with van der Waals surface area (Å²) < 4.78 is 5.65. The van der Waals surface area contributed by atoms with Gasteiger partial charge < -0.3 is 15.8 Å². The smallest absolute Gasteiger partial charge is 0.329 e. The predicted octanol–water partition coefficient (Wildman–Crippen LogP) is 5.06. The van der Waals surface area contributed by atoms with Crippen LogP contribution < -0.4 is 11.1 Å². The summed E-state index contributed by atoms with van der Waals surface area (Å²) in [6, 6.07) is 29.0. The zero-order chi connectivity index (χ0) is 27.7. The lowest BCUT2D eigenvalue weighted by molar-refractivity contribution is -0.412. The van der Waals surface area contributed by atoms with Crippen LogP contribution in [-0.2, 0) is 33.8 Å². The number of esters is 1. The maximum absolute atomic E-state index is 13.6. The quantitative estimate of drug-likeness (QED) is 0.131. The summed E-state index contributed by atoms with van der Waals surface area (Å²) >= 11 is 1.84. The van der Waals surface area contributed by atoms with E-state index in [4.69, 9.17) is 4.74 Å². The molecule has 0 bridgehead atoms. The van der Waals surface area contributed by atoms with Crippen LogP contribution in [0, 0.1) is 5.92 Å². The first kappa shape index (κ1) is 31.1. The molecule has 4 N–H and O–H groups in total. The molecule has 1 unspecified atom stereocenters. The normalized spacial score (nSPS) is 13.3. The molecule has 8 heteroatoms. The Morgan fingerprint density at radius 1 is 0.795 bits per heavy atom. The van der Waals surface area contributed by atoms with Crippen LogP contribution >= 0.6 is 33.3 Å². The molecule has 0 saturated carbocycles. The van der Waals surface area contributed by atoms with Crippen molar-refractivity contribution in [3.63, 3.8) is 0 Å². The third kappa shape index (κ3) is 12.1. The zero-order valence-electron chi connectivity index (χ0n) is 22.5. The topological polar surface area (TPSA) is 83.0 Å². The monoisotopic (exact) mass is 583 g/mol. The first-order valence-electron chi connectivity index (χ1n) is 13.2. The molecule has 3 aromatic carbocycles. The molecule has 0 aliphatic carbocycles. The molecule has 39 heavy (non-hydrogen) atoms. The third-order valence-corrected chi connectivity index (χ3v) is 9.46. The van der Waals surface area contributed by atoms with Crippen molar-refractivity contribution in [2.75, 3.05) is 23.5 Å². The van der Waals surface area contributed by atoms with E-state index in [2.05, 4.69) is 17.3 Å². The van der Waals surface area contributed by atoms with E-state index >= 15 is 0 Å². The van der Waals surface area contributed by atoms with Crippen LogP contribution in [0.15, 0.2) is 91.0 Å². The molecule has 0 aromatic heterocycles. The van der Waals surface area contributed by atoms with Gasteiger partial charge in [-0.1, -0.05) is 113 Å². The Kier molecular flexibility index (Phi) is 14.4. The molecule has 208 valence electrons. The molecule has 0 heterocycles. The molecule has 0 aliphatic rings. The molecule has 0 radical (unpaired) electrons. The average Bonchev–Trinajstić information content (AvgIpc) is 2.97. The second-order valence-electron chi connectivity index (χ2n) is 9.45. The highest BCUT2D eigenvalue weighted by atomic mass is 33.1. The Morgan fingerprint density at radius 3 is 1.92 bits per heavy atom. The van der Waals surface area contributed by atoms with Crippen molar-refractivity contribution in [1.82, 2.24) is 5.32 Å². The molecule has 0 saturated heterocycles. The summed E-state index contributed by atoms with van der Waals surface area (Å²) in [7, 11) is 3.49. The van der Waals surface area contributed by atoms with E-state index in [0.717, 1.165) is 34.6 Å². The van der Waals surface area contributed by atoms with Gasteiger partial charge >= 0.3 is 5.97 Å². The summed E-state index contributed by atoms with van der Waals surface area (Å²) in [6.45, 7) is 0.170. The molecule has 0 aliphatic heterocycles. The highest BCUT2D eigenvalue weighted by Gasteiger charge is 2.27. The number of thioether (sulfide) groups is 1. The summed E-state index contributed by atoms with van der Waals surface area (Å²) in [5.41, 5.74) is 7.23. The van der Waals surface area contributed by atoms with Crippen molar-refractivity contribution >= 4 is 45.2 Å². The van der Waals surface area contributed by atoms with Crippen molar-refractivity contribution in [1.29, 1.82) is 0 Å². The van der Waals surface area contributed by atoms with Gasteiger partial charge in [0, 0.05) is 18.6 Å². The van der Waals surface area contributed by atoms with Crippen LogP contribution in [0.25, 0.3) is 0 Å². The van der Waals surface area contributed by atoms with E-state index in [-0.39, 0.29) is 18.4 Å². The van der Waals surface area contributed by atoms with Gasteiger partial charge in [-0.2, -0.15) is 11.8 Å². The first-order chi connectivity index (χ1) is 19.0. The lowest BCUT2D eigenvalue weighted by Gasteiger charge is -2.22. The Morgan fingerprint density at radius 2 is 1.33 bits per heavy atom. The fourth-order valence-corrected chi connectivity index (χ4v) is 7.13. The van der Waals surface area contributed by atoms with Crippen LogP contribution in [0.4, 0.5) is 0 Å². The van der Waals surface area contributed by atoms with Crippen molar-refractivity contribution in [3.8, 4) is 0 Å². The third-order valence-electron chi connectivity index (χ3n) is 6.19. The maximum atomic E-state index is 13.6. The number of amides is 1. The maximum Gasteiger partial charge on any atom is 0.329 e. The SMILES string of the molecule is CSCC[C@H]([NH3+])CSSC[C@@H](Cc1ccccc1)C(=O)NC(Cc1ccccc1)C(=O)OCc1ccccc1. The van der Waals surface area contributed by atoms with Crippen LogP contribution in [0.2, 0.25) is 0 Å². The van der Waals surface area contributed by atoms with Gasteiger partial charge in [0.25, 0.3) is 0 Å². The molecule has 3 aromatic rings. The standard InChI is InChI=1S/C31H38N2O3S3/c1-37-18-17-28(32)23-39-38-22-27(19-24-11-5-2-6-12-24)30(34)33-29(20-25-13-7-3-8-14-25)31(35)36-21-26-15-9-4-10-16-26/h2-16,27-29H,17-23,32H2,1H3,(H,33,34)/p+1/t27-,28+,29?/m1/s1. The number of carbonyl (C=O) groups is 2. The minimum atomic E-state index is -0.768. The van der Waals surface area contributed by atoms with Gasteiger partial charge in [-0.15, -0.1) is 0 Å². The van der Waals surface area contributed by atoms with E-state index in [1.54, 1.807) is 21.6 Å². The molecule has 0 spiro atoms. The molecule has 5 nitrogen and oxygen atoms in total. The van der Waals surface area contributed by atoms with Gasteiger partial charge in [-0.3, -0.25) is 4.79 Å². The minimum Gasteiger partial charge on any atom is -0.459 e. The summed E-state index contributed by atoms with van der Waals surface area (Å²) in [4.78, 5) is 26.8. The average molecular weight is 584 g/mol. The largest absolute Gasteiger partial charge is 0.459 e. The van der Waals surface area contributed by atoms with E-state index in [9.17, 15) is 9.59 Å². The number of carbonyl (C=O) groups excluding carboxylic acids is 2. The fraction of sp³-hybridized carbons (Fsp3) is 0.355. The number of nitrogens with one attached hydrogen (secondary N) is 1. The Balaban J connectivity index is 1.66. The highest BCUT2D eigenvalue weighted by molar-refractivity contribution is 8.76.